The van der Waals surface area contributed by atoms with Crippen LogP contribution in [0.3, 0.4) is 0 Å². The molecule has 0 aromatic carbocycles. The van der Waals surface area contributed by atoms with Crippen LogP contribution in [-0.4, -0.2) is 15.6 Å². The van der Waals surface area contributed by atoms with Gasteiger partial charge in [0.15, 0.2) is 0 Å². The van der Waals surface area contributed by atoms with Crippen LogP contribution >= 0.6 is 0 Å². The minimum absolute atomic E-state index is 0.0632. The Kier molecular flexibility index (Phi) is 3.32. The van der Waals surface area contributed by atoms with Crippen LogP contribution in [0.25, 0.3) is 0 Å². The predicted molar refractivity (Wildman–Crippen MR) is 59.2 cm³/mol. The van der Waals surface area contributed by atoms with E-state index < -0.39 is 0 Å². The molecule has 2 N–H and O–H groups in total. The van der Waals surface area contributed by atoms with E-state index in [0.717, 1.165) is 18.8 Å². The lowest BCUT2D eigenvalue weighted by atomic mass is 9.85. The second-order valence-electron chi connectivity index (χ2n) is 4.60. The van der Waals surface area contributed by atoms with Crippen molar-refractivity contribution in [3.05, 3.63) is 18.2 Å². The molecule has 3 nitrogen and oxygen atoms in total. The fourth-order valence-electron chi connectivity index (χ4n) is 2.04. The molecule has 3 heteroatoms. The van der Waals surface area contributed by atoms with Crippen molar-refractivity contribution in [2.75, 3.05) is 0 Å². The number of imidazole rings is 1. The van der Waals surface area contributed by atoms with Crippen molar-refractivity contribution in [3.63, 3.8) is 0 Å². The van der Waals surface area contributed by atoms with Gasteiger partial charge in [-0.2, -0.15) is 0 Å². The van der Waals surface area contributed by atoms with Crippen molar-refractivity contribution in [2.45, 2.75) is 52.1 Å². The Morgan fingerprint density at radius 2 is 2.21 bits per heavy atom. The number of nitrogens with zero attached hydrogens (tertiary/aromatic N) is 2. The van der Waals surface area contributed by atoms with E-state index in [1.807, 2.05) is 19.3 Å². The first-order valence-corrected chi connectivity index (χ1v) is 5.24. The van der Waals surface area contributed by atoms with E-state index in [9.17, 15) is 0 Å². The Balaban J connectivity index is 2.90. The summed E-state index contributed by atoms with van der Waals surface area (Å²) in [4.78, 5) is 4.42. The highest BCUT2D eigenvalue weighted by Crippen LogP contribution is 2.26. The number of nitrogens with two attached hydrogens (primary N) is 1. The van der Waals surface area contributed by atoms with Gasteiger partial charge in [0, 0.05) is 30.4 Å². The van der Waals surface area contributed by atoms with Crippen molar-refractivity contribution in [3.8, 4) is 0 Å². The Morgan fingerprint density at radius 1 is 1.57 bits per heavy atom. The molecule has 0 saturated carbocycles. The maximum atomic E-state index is 5.84. The summed E-state index contributed by atoms with van der Waals surface area (Å²) in [6, 6.07) is 0.215. The van der Waals surface area contributed by atoms with Crippen LogP contribution in [0.15, 0.2) is 12.4 Å². The highest BCUT2D eigenvalue weighted by atomic mass is 15.1. The molecule has 1 aromatic heterocycles. The van der Waals surface area contributed by atoms with Gasteiger partial charge in [0.25, 0.3) is 0 Å². The Labute approximate surface area is 86.3 Å². The molecule has 80 valence electrons. The summed E-state index contributed by atoms with van der Waals surface area (Å²) in [6.07, 6.45) is 4.85. The zero-order valence-electron chi connectivity index (χ0n) is 9.62. The molecule has 0 aliphatic rings. The summed E-state index contributed by atoms with van der Waals surface area (Å²) in [5.74, 6) is 1.14. The summed E-state index contributed by atoms with van der Waals surface area (Å²) in [7, 11) is 0. The van der Waals surface area contributed by atoms with E-state index in [0.29, 0.717) is 0 Å². The number of rotatable bonds is 4. The van der Waals surface area contributed by atoms with Gasteiger partial charge in [-0.1, -0.05) is 13.8 Å². The molecule has 0 aliphatic heterocycles. The van der Waals surface area contributed by atoms with Crippen molar-refractivity contribution < 1.29 is 0 Å². The van der Waals surface area contributed by atoms with E-state index in [4.69, 9.17) is 5.73 Å². The lowest BCUT2D eigenvalue weighted by Crippen LogP contribution is -2.30. The average molecular weight is 195 g/mol. The second kappa shape index (κ2) is 4.13. The number of hydrogen-bond acceptors (Lipinski definition) is 2. The zero-order valence-corrected chi connectivity index (χ0v) is 9.62. The van der Waals surface area contributed by atoms with Gasteiger partial charge >= 0.3 is 0 Å². The summed E-state index contributed by atoms with van der Waals surface area (Å²) in [6.45, 7) is 9.54. The first-order valence-electron chi connectivity index (χ1n) is 5.24. The minimum Gasteiger partial charge on any atom is -0.335 e. The largest absolute Gasteiger partial charge is 0.335 e. The maximum Gasteiger partial charge on any atom is 0.114 e. The van der Waals surface area contributed by atoms with E-state index >= 15 is 0 Å². The molecule has 1 unspecified atom stereocenters. The first kappa shape index (κ1) is 11.2. The summed E-state index contributed by atoms with van der Waals surface area (Å²) < 4.78 is 2.18. The van der Waals surface area contributed by atoms with E-state index in [2.05, 4.69) is 30.3 Å². The molecule has 0 bridgehead atoms. The Morgan fingerprint density at radius 3 is 2.71 bits per heavy atom. The third-order valence-electron chi connectivity index (χ3n) is 2.49. The van der Waals surface area contributed by atoms with Gasteiger partial charge in [-0.3, -0.25) is 0 Å². The molecule has 1 aromatic rings. The van der Waals surface area contributed by atoms with Crippen LogP contribution in [0, 0.1) is 0 Å². The molecule has 1 rings (SSSR count). The fourth-order valence-corrected chi connectivity index (χ4v) is 2.04. The molecule has 1 atom stereocenters. The van der Waals surface area contributed by atoms with Crippen molar-refractivity contribution in [1.82, 2.24) is 9.55 Å². The third kappa shape index (κ3) is 2.35. The zero-order chi connectivity index (χ0) is 10.8. The lowest BCUT2D eigenvalue weighted by Gasteiger charge is -2.26. The van der Waals surface area contributed by atoms with Gasteiger partial charge < -0.3 is 10.3 Å². The van der Waals surface area contributed by atoms with Crippen molar-refractivity contribution >= 4 is 0 Å². The standard InChI is InChI=1S/C11H21N3/c1-5-14-7-6-13-10(14)11(3,4)8-9(2)12/h6-7,9H,5,8,12H2,1-4H3. The third-order valence-corrected chi connectivity index (χ3v) is 2.49. The quantitative estimate of drug-likeness (QED) is 0.797. The molecule has 0 aliphatic carbocycles. The van der Waals surface area contributed by atoms with Crippen LogP contribution in [-0.2, 0) is 12.0 Å². The molecule has 1 heterocycles. The van der Waals surface area contributed by atoms with Crippen LogP contribution < -0.4 is 5.73 Å². The Hall–Kier alpha value is -0.830. The predicted octanol–water partition coefficient (Wildman–Crippen LogP) is 1.92. The average Bonchev–Trinajstić information content (AvgIpc) is 2.48. The van der Waals surface area contributed by atoms with Gasteiger partial charge in [0.2, 0.25) is 0 Å². The van der Waals surface area contributed by atoms with Crippen LogP contribution in [0.2, 0.25) is 0 Å². The molecule has 14 heavy (non-hydrogen) atoms. The highest BCUT2D eigenvalue weighted by Gasteiger charge is 2.26. The molecule has 0 spiro atoms. The van der Waals surface area contributed by atoms with Gasteiger partial charge in [-0.15, -0.1) is 0 Å². The van der Waals surface area contributed by atoms with Gasteiger partial charge in [0.05, 0.1) is 0 Å². The van der Waals surface area contributed by atoms with Crippen LogP contribution in [0.5, 0.6) is 0 Å². The van der Waals surface area contributed by atoms with Crippen LogP contribution in [0.1, 0.15) is 39.9 Å². The monoisotopic (exact) mass is 195 g/mol. The second-order valence-corrected chi connectivity index (χ2v) is 4.60. The summed E-state index contributed by atoms with van der Waals surface area (Å²) in [5.41, 5.74) is 5.90. The Bertz CT molecular complexity index is 286. The lowest BCUT2D eigenvalue weighted by molar-refractivity contribution is 0.398. The van der Waals surface area contributed by atoms with E-state index in [1.165, 1.54) is 0 Å². The summed E-state index contributed by atoms with van der Waals surface area (Å²) >= 11 is 0. The normalized spacial score (nSPS) is 14.4. The van der Waals surface area contributed by atoms with E-state index in [1.54, 1.807) is 0 Å². The molecule has 0 radical (unpaired) electrons. The molecule has 0 saturated heterocycles. The van der Waals surface area contributed by atoms with Crippen molar-refractivity contribution in [2.24, 2.45) is 5.73 Å². The topological polar surface area (TPSA) is 43.8 Å². The van der Waals surface area contributed by atoms with Crippen molar-refractivity contribution in [1.29, 1.82) is 0 Å². The molecular weight excluding hydrogens is 174 g/mol. The fraction of sp³-hybridized carbons (Fsp3) is 0.727. The van der Waals surface area contributed by atoms with Gasteiger partial charge in [-0.25, -0.2) is 4.98 Å². The van der Waals surface area contributed by atoms with E-state index in [-0.39, 0.29) is 11.5 Å². The molecule has 0 amide bonds. The minimum atomic E-state index is 0.0632. The molecule has 0 fully saturated rings. The SMILES string of the molecule is CCn1ccnc1C(C)(C)CC(C)N. The highest BCUT2D eigenvalue weighted by molar-refractivity contribution is 5.07. The van der Waals surface area contributed by atoms with Gasteiger partial charge in [0.1, 0.15) is 5.82 Å². The number of aromatic nitrogens is 2. The van der Waals surface area contributed by atoms with Crippen LogP contribution in [0.4, 0.5) is 0 Å². The smallest absolute Gasteiger partial charge is 0.114 e. The summed E-state index contributed by atoms with van der Waals surface area (Å²) in [5, 5.41) is 0. The maximum absolute atomic E-state index is 5.84. The number of aryl methyl sites for hydroxylation is 1. The number of hydrogen-bond donors (Lipinski definition) is 1. The first-order chi connectivity index (χ1) is 6.47. The molecular formula is C11H21N3. The van der Waals surface area contributed by atoms with Gasteiger partial charge in [-0.05, 0) is 20.3 Å².